The molecule has 1 aliphatic heterocycles. The van der Waals surface area contributed by atoms with Gasteiger partial charge in [0.15, 0.2) is 23.0 Å². The molecule has 3 N–H and O–H groups in total. The molecule has 190 valence electrons. The molecule has 1 saturated heterocycles. The first kappa shape index (κ1) is 24.6. The van der Waals surface area contributed by atoms with Crippen molar-refractivity contribution in [1.82, 2.24) is 34.8 Å². The van der Waals surface area contributed by atoms with Gasteiger partial charge in [-0.1, -0.05) is 11.6 Å². The Labute approximate surface area is 218 Å². The molecule has 37 heavy (non-hydrogen) atoms. The number of anilines is 4. The molecule has 4 aromatic rings. The summed E-state index contributed by atoms with van der Waals surface area (Å²) >= 11 is 6.39. The number of hydrogen-bond acceptors (Lipinski definition) is 11. The van der Waals surface area contributed by atoms with Gasteiger partial charge in [0.25, 0.3) is 0 Å². The molecule has 1 aliphatic rings. The minimum Gasteiger partial charge on any atom is -0.390 e. The molecule has 0 saturated carbocycles. The highest BCUT2D eigenvalue weighted by molar-refractivity contribution is 6.32. The van der Waals surface area contributed by atoms with E-state index in [4.69, 9.17) is 16.9 Å². The van der Waals surface area contributed by atoms with Crippen LogP contribution in [0, 0.1) is 11.3 Å². The van der Waals surface area contributed by atoms with E-state index in [1.165, 1.54) is 0 Å². The topological polar surface area (TPSA) is 153 Å². The number of pyridine rings is 1. The molecule has 0 bridgehead atoms. The average molecular weight is 520 g/mol. The Kier molecular flexibility index (Phi) is 6.73. The van der Waals surface area contributed by atoms with Crippen LogP contribution in [0.15, 0.2) is 36.7 Å². The van der Waals surface area contributed by atoms with Gasteiger partial charge in [-0.15, -0.1) is 20.4 Å². The van der Waals surface area contributed by atoms with E-state index in [-0.39, 0.29) is 6.04 Å². The van der Waals surface area contributed by atoms with Gasteiger partial charge in [-0.25, -0.2) is 4.98 Å². The highest BCUT2D eigenvalue weighted by Crippen LogP contribution is 2.26. The molecule has 5 rings (SSSR count). The Morgan fingerprint density at radius 2 is 1.97 bits per heavy atom. The number of piperidine rings is 1. The van der Waals surface area contributed by atoms with E-state index in [0.29, 0.717) is 40.4 Å². The van der Waals surface area contributed by atoms with E-state index in [0.717, 1.165) is 37.4 Å². The van der Waals surface area contributed by atoms with Gasteiger partial charge in [0.05, 0.1) is 11.8 Å². The third-order valence-corrected chi connectivity index (χ3v) is 6.27. The molecule has 0 aromatic carbocycles. The summed E-state index contributed by atoms with van der Waals surface area (Å²) in [6.07, 6.45) is 5.52. The van der Waals surface area contributed by atoms with Crippen molar-refractivity contribution in [1.29, 1.82) is 5.26 Å². The third-order valence-electron chi connectivity index (χ3n) is 6.00. The molecule has 13 heteroatoms. The van der Waals surface area contributed by atoms with Crippen molar-refractivity contribution in [2.75, 3.05) is 28.6 Å². The lowest BCUT2D eigenvalue weighted by molar-refractivity contribution is 0.0785. The lowest BCUT2D eigenvalue weighted by Gasteiger charge is -2.33. The third kappa shape index (κ3) is 5.84. The Bertz CT molecular complexity index is 1430. The molecule has 0 aliphatic carbocycles. The molecular weight excluding hydrogens is 494 g/mol. The second kappa shape index (κ2) is 10.1. The normalized spacial score (nSPS) is 14.5. The van der Waals surface area contributed by atoms with Crippen molar-refractivity contribution in [2.45, 2.75) is 44.8 Å². The summed E-state index contributed by atoms with van der Waals surface area (Å²) < 4.78 is 1.84. The predicted molar refractivity (Wildman–Crippen MR) is 139 cm³/mol. The van der Waals surface area contributed by atoms with Gasteiger partial charge in [0.2, 0.25) is 5.95 Å². The van der Waals surface area contributed by atoms with E-state index in [2.05, 4.69) is 45.9 Å². The van der Waals surface area contributed by atoms with Crippen LogP contribution in [0.3, 0.4) is 0 Å². The predicted octanol–water partition coefficient (Wildman–Crippen LogP) is 2.97. The maximum Gasteiger partial charge on any atom is 0.229 e. The number of aliphatic hydroxyl groups is 1. The number of hydrogen-bond donors (Lipinski definition) is 3. The van der Waals surface area contributed by atoms with Crippen LogP contribution in [0.4, 0.5) is 23.3 Å². The van der Waals surface area contributed by atoms with E-state index >= 15 is 0 Å². The van der Waals surface area contributed by atoms with Crippen LogP contribution in [0.5, 0.6) is 0 Å². The molecule has 0 amide bonds. The number of fused-ring (bicyclic) bond motifs is 1. The Morgan fingerprint density at radius 1 is 1.16 bits per heavy atom. The highest BCUT2D eigenvalue weighted by atomic mass is 35.5. The Hall–Kier alpha value is -4.08. The van der Waals surface area contributed by atoms with Crippen LogP contribution in [0.1, 0.15) is 38.2 Å². The van der Waals surface area contributed by atoms with Gasteiger partial charge in [-0.3, -0.25) is 4.40 Å². The van der Waals surface area contributed by atoms with Gasteiger partial charge < -0.3 is 20.6 Å². The SMILES string of the molecule is CC(C)(O)Cc1nnc2cc(Nc3ncc(Cl)c(NC4CCN(c5ccc(C#N)nn5)CC4)n3)ccn12. The molecule has 0 spiro atoms. The van der Waals surface area contributed by atoms with Gasteiger partial charge in [0, 0.05) is 43.5 Å². The van der Waals surface area contributed by atoms with Crippen molar-refractivity contribution < 1.29 is 5.11 Å². The van der Waals surface area contributed by atoms with E-state index in [9.17, 15) is 5.11 Å². The Morgan fingerprint density at radius 3 is 2.68 bits per heavy atom. The first-order chi connectivity index (χ1) is 17.8. The molecule has 0 unspecified atom stereocenters. The molecule has 4 aromatic heterocycles. The average Bonchev–Trinajstić information content (AvgIpc) is 3.27. The Balaban J connectivity index is 1.23. The lowest BCUT2D eigenvalue weighted by Crippen LogP contribution is -2.39. The molecule has 12 nitrogen and oxygen atoms in total. The summed E-state index contributed by atoms with van der Waals surface area (Å²) in [6, 6.07) is 9.38. The van der Waals surface area contributed by atoms with Crippen LogP contribution in [0.2, 0.25) is 5.02 Å². The number of nitrogens with one attached hydrogen (secondary N) is 2. The number of nitrogens with zero attached hydrogens (tertiary/aromatic N) is 9. The van der Waals surface area contributed by atoms with E-state index < -0.39 is 5.60 Å². The number of nitriles is 1. The molecule has 0 atom stereocenters. The van der Waals surface area contributed by atoms with Crippen LogP contribution < -0.4 is 15.5 Å². The van der Waals surface area contributed by atoms with Crippen LogP contribution in [0.25, 0.3) is 5.65 Å². The van der Waals surface area contributed by atoms with Crippen molar-refractivity contribution in [3.05, 3.63) is 53.2 Å². The minimum absolute atomic E-state index is 0.185. The van der Waals surface area contributed by atoms with Crippen molar-refractivity contribution in [3.8, 4) is 6.07 Å². The molecule has 1 fully saturated rings. The van der Waals surface area contributed by atoms with E-state index in [1.807, 2.05) is 34.9 Å². The van der Waals surface area contributed by atoms with Crippen LogP contribution in [-0.2, 0) is 6.42 Å². The summed E-state index contributed by atoms with van der Waals surface area (Å²) in [5.41, 5.74) is 0.824. The fourth-order valence-electron chi connectivity index (χ4n) is 4.18. The van der Waals surface area contributed by atoms with Gasteiger partial charge >= 0.3 is 0 Å². The van der Waals surface area contributed by atoms with Gasteiger partial charge in [0.1, 0.15) is 16.9 Å². The first-order valence-corrected chi connectivity index (χ1v) is 12.3. The maximum atomic E-state index is 10.1. The summed E-state index contributed by atoms with van der Waals surface area (Å²) in [4.78, 5) is 11.0. The van der Waals surface area contributed by atoms with Crippen LogP contribution >= 0.6 is 11.6 Å². The standard InChI is InChI=1S/C24H26ClN11O/c1-24(2,37)12-21-34-33-20-11-16(7-10-36(20)21)29-23-27-14-18(25)22(30-23)28-15-5-8-35(9-6-15)19-4-3-17(13-26)31-32-19/h3-4,7,10-11,14-15,37H,5-6,8-9,12H2,1-2H3,(H2,27,28,29,30). The number of aromatic nitrogens is 7. The largest absolute Gasteiger partial charge is 0.390 e. The van der Waals surface area contributed by atoms with Crippen molar-refractivity contribution in [3.63, 3.8) is 0 Å². The second-order valence-corrected chi connectivity index (χ2v) is 9.97. The zero-order valence-corrected chi connectivity index (χ0v) is 21.2. The molecule has 5 heterocycles. The fraction of sp³-hybridized carbons (Fsp3) is 0.375. The number of halogens is 1. The lowest BCUT2D eigenvalue weighted by atomic mass is 10.1. The minimum atomic E-state index is -0.880. The quantitative estimate of drug-likeness (QED) is 0.330. The fourth-order valence-corrected chi connectivity index (χ4v) is 4.33. The smallest absolute Gasteiger partial charge is 0.229 e. The number of rotatable bonds is 7. The van der Waals surface area contributed by atoms with Crippen LogP contribution in [-0.4, -0.2) is 64.6 Å². The van der Waals surface area contributed by atoms with Crippen molar-refractivity contribution in [2.24, 2.45) is 0 Å². The summed E-state index contributed by atoms with van der Waals surface area (Å²) in [7, 11) is 0. The van der Waals surface area contributed by atoms with E-state index in [1.54, 1.807) is 26.1 Å². The van der Waals surface area contributed by atoms with Gasteiger partial charge in [-0.2, -0.15) is 10.2 Å². The zero-order valence-electron chi connectivity index (χ0n) is 20.4. The summed E-state index contributed by atoms with van der Waals surface area (Å²) in [5, 5.41) is 42.6. The summed E-state index contributed by atoms with van der Waals surface area (Å²) in [6.45, 7) is 5.06. The molecule has 0 radical (unpaired) electrons. The zero-order chi connectivity index (χ0) is 26.0. The van der Waals surface area contributed by atoms with Gasteiger partial charge in [-0.05, 0) is 44.9 Å². The molecular formula is C24H26ClN11O. The maximum absolute atomic E-state index is 10.1. The second-order valence-electron chi connectivity index (χ2n) is 9.56. The summed E-state index contributed by atoms with van der Waals surface area (Å²) in [5.74, 6) is 2.41. The van der Waals surface area contributed by atoms with Crippen molar-refractivity contribution >= 4 is 40.5 Å². The first-order valence-electron chi connectivity index (χ1n) is 11.9. The monoisotopic (exact) mass is 519 g/mol. The highest BCUT2D eigenvalue weighted by Gasteiger charge is 2.22.